The van der Waals surface area contributed by atoms with Gasteiger partial charge in [-0.05, 0) is 49.7 Å². The van der Waals surface area contributed by atoms with Crippen molar-refractivity contribution in [2.75, 3.05) is 32.8 Å². The Balaban J connectivity index is 1.41. The quantitative estimate of drug-likeness (QED) is 0.583. The summed E-state index contributed by atoms with van der Waals surface area (Å²) in [6, 6.07) is 9.34. The number of rotatable bonds is 3. The van der Waals surface area contributed by atoms with E-state index in [0.717, 1.165) is 0 Å². The molecule has 0 atom stereocenters. The van der Waals surface area contributed by atoms with Crippen molar-refractivity contribution in [2.45, 2.75) is 25.8 Å². The summed E-state index contributed by atoms with van der Waals surface area (Å²) in [5.74, 6) is 0.235. The van der Waals surface area contributed by atoms with Gasteiger partial charge < -0.3 is 19.8 Å². The number of ether oxygens (including phenoxy) is 1. The third-order valence-corrected chi connectivity index (χ3v) is 5.38. The number of halogens is 1. The molecule has 3 heterocycles. The average molecular weight is 483 g/mol. The number of aromatic nitrogens is 3. The molecule has 0 saturated carbocycles. The van der Waals surface area contributed by atoms with Gasteiger partial charge in [-0.1, -0.05) is 6.07 Å². The number of hydrogen-bond donors (Lipinski definition) is 2. The number of benzene rings is 1. The molecule has 1 aliphatic heterocycles. The number of carbonyl (C=O) groups excluding carboxylic acids is 2. The van der Waals surface area contributed by atoms with E-state index >= 15 is 0 Å². The van der Waals surface area contributed by atoms with Gasteiger partial charge in [0, 0.05) is 31.3 Å². The molecule has 184 valence electrons. The van der Waals surface area contributed by atoms with Crippen LogP contribution >= 0.6 is 0 Å². The maximum Gasteiger partial charge on any atom is 0.273 e. The Morgan fingerprint density at radius 2 is 1.91 bits per heavy atom. The summed E-state index contributed by atoms with van der Waals surface area (Å²) in [5.41, 5.74) is 0.715. The molecule has 35 heavy (non-hydrogen) atoms. The zero-order valence-corrected chi connectivity index (χ0v) is 19.2. The third-order valence-electron chi connectivity index (χ3n) is 5.38. The van der Waals surface area contributed by atoms with Crippen molar-refractivity contribution in [3.8, 4) is 17.2 Å². The van der Waals surface area contributed by atoms with Gasteiger partial charge >= 0.3 is 0 Å². The SMILES string of the molecule is O=C1CCCN(Cc2nnc(-c3cccc(F)c3)o2)CCCNC(=O)c2ncccc2OCCN1. The molecule has 10 nitrogen and oxygen atoms in total. The van der Waals surface area contributed by atoms with Crippen molar-refractivity contribution in [1.29, 1.82) is 0 Å². The first-order chi connectivity index (χ1) is 17.1. The maximum atomic E-state index is 13.5. The van der Waals surface area contributed by atoms with E-state index in [0.29, 0.717) is 69.2 Å². The summed E-state index contributed by atoms with van der Waals surface area (Å²) >= 11 is 0. The fraction of sp³-hybridized carbons (Fsp3) is 0.375. The second kappa shape index (κ2) is 12.0. The van der Waals surface area contributed by atoms with Crippen molar-refractivity contribution in [3.63, 3.8) is 0 Å². The Kier molecular flexibility index (Phi) is 8.34. The van der Waals surface area contributed by atoms with E-state index in [1.807, 2.05) is 0 Å². The molecular weight excluding hydrogens is 455 g/mol. The van der Waals surface area contributed by atoms with Gasteiger partial charge in [0.1, 0.15) is 12.4 Å². The van der Waals surface area contributed by atoms with Crippen LogP contribution in [0.5, 0.6) is 5.75 Å². The maximum absolute atomic E-state index is 13.5. The highest BCUT2D eigenvalue weighted by Crippen LogP contribution is 2.19. The Hall–Kier alpha value is -3.86. The van der Waals surface area contributed by atoms with Crippen molar-refractivity contribution in [1.82, 2.24) is 30.7 Å². The summed E-state index contributed by atoms with van der Waals surface area (Å²) in [5, 5.41) is 13.8. The predicted octanol–water partition coefficient (Wildman–Crippen LogP) is 2.18. The van der Waals surface area contributed by atoms with E-state index in [-0.39, 0.29) is 35.8 Å². The van der Waals surface area contributed by atoms with Crippen LogP contribution in [0, 0.1) is 5.82 Å². The van der Waals surface area contributed by atoms with Crippen molar-refractivity contribution >= 4 is 11.8 Å². The molecule has 0 spiro atoms. The second-order valence-electron chi connectivity index (χ2n) is 8.05. The van der Waals surface area contributed by atoms with E-state index in [9.17, 15) is 14.0 Å². The molecule has 2 aromatic heterocycles. The van der Waals surface area contributed by atoms with Gasteiger partial charge in [-0.2, -0.15) is 0 Å². The number of pyridine rings is 1. The minimum atomic E-state index is -0.381. The topological polar surface area (TPSA) is 122 Å². The summed E-state index contributed by atoms with van der Waals surface area (Å²) < 4.78 is 24.9. The third kappa shape index (κ3) is 7.06. The van der Waals surface area contributed by atoms with E-state index in [4.69, 9.17) is 9.15 Å². The van der Waals surface area contributed by atoms with Gasteiger partial charge in [0.25, 0.3) is 5.91 Å². The van der Waals surface area contributed by atoms with Crippen LogP contribution in [0.15, 0.2) is 47.0 Å². The summed E-state index contributed by atoms with van der Waals surface area (Å²) in [7, 11) is 0. The van der Waals surface area contributed by atoms with Crippen LogP contribution in [0.1, 0.15) is 35.6 Å². The Bertz CT molecular complexity index is 1150. The number of amides is 2. The molecule has 0 aliphatic carbocycles. The Morgan fingerprint density at radius 1 is 1.03 bits per heavy atom. The molecule has 2 N–H and O–H groups in total. The zero-order valence-electron chi connectivity index (χ0n) is 19.2. The van der Waals surface area contributed by atoms with E-state index < -0.39 is 0 Å². The molecule has 0 bridgehead atoms. The predicted molar refractivity (Wildman–Crippen MR) is 124 cm³/mol. The van der Waals surface area contributed by atoms with Gasteiger partial charge in [0.15, 0.2) is 11.4 Å². The van der Waals surface area contributed by atoms with Crippen molar-refractivity contribution in [3.05, 3.63) is 60.0 Å². The molecule has 0 unspecified atom stereocenters. The van der Waals surface area contributed by atoms with Gasteiger partial charge in [0.2, 0.25) is 17.7 Å². The molecule has 0 radical (unpaired) electrons. The standard InChI is InChI=1S/C24H27FN6O4/c25-18-6-1-5-17(15-18)24-30-29-21(35-24)16-31-12-3-8-20(32)26-11-14-34-19-7-2-9-27-22(19)23(33)28-10-4-13-31/h1-2,5-7,9,15H,3-4,8,10-14,16H2,(H,26,32)(H,28,33). The van der Waals surface area contributed by atoms with Gasteiger partial charge in [0.05, 0.1) is 13.1 Å². The number of hydrogen-bond acceptors (Lipinski definition) is 8. The number of nitrogens with one attached hydrogen (secondary N) is 2. The first-order valence-corrected chi connectivity index (χ1v) is 11.5. The Morgan fingerprint density at radius 3 is 2.80 bits per heavy atom. The highest BCUT2D eigenvalue weighted by atomic mass is 19.1. The van der Waals surface area contributed by atoms with E-state index in [2.05, 4.69) is 30.7 Å². The molecule has 0 fully saturated rings. The monoisotopic (exact) mass is 482 g/mol. The lowest BCUT2D eigenvalue weighted by atomic mass is 10.2. The van der Waals surface area contributed by atoms with E-state index in [1.54, 1.807) is 24.3 Å². The van der Waals surface area contributed by atoms with Crippen LogP contribution in [0.3, 0.4) is 0 Å². The number of carbonyl (C=O) groups is 2. The smallest absolute Gasteiger partial charge is 0.273 e. The summed E-state index contributed by atoms with van der Waals surface area (Å²) in [6.45, 7) is 2.61. The average Bonchev–Trinajstić information content (AvgIpc) is 3.32. The molecule has 1 aliphatic rings. The zero-order chi connectivity index (χ0) is 24.5. The highest BCUT2D eigenvalue weighted by molar-refractivity contribution is 5.94. The van der Waals surface area contributed by atoms with Crippen LogP contribution in [0.2, 0.25) is 0 Å². The van der Waals surface area contributed by atoms with Crippen LogP contribution < -0.4 is 15.4 Å². The number of fused-ring (bicyclic) bond motifs is 1. The molecule has 3 aromatic rings. The van der Waals surface area contributed by atoms with Gasteiger partial charge in [-0.15, -0.1) is 10.2 Å². The molecule has 11 heteroatoms. The normalized spacial score (nSPS) is 16.6. The summed E-state index contributed by atoms with van der Waals surface area (Å²) in [4.78, 5) is 31.0. The lowest BCUT2D eigenvalue weighted by Gasteiger charge is -2.21. The van der Waals surface area contributed by atoms with Crippen molar-refractivity contribution < 1.29 is 23.1 Å². The van der Waals surface area contributed by atoms with Gasteiger partial charge in [-0.3, -0.25) is 14.5 Å². The number of nitrogens with zero attached hydrogens (tertiary/aromatic N) is 4. The Labute approximate surface area is 201 Å². The molecule has 4 rings (SSSR count). The first kappa shape index (κ1) is 24.3. The van der Waals surface area contributed by atoms with Crippen LogP contribution in [0.4, 0.5) is 4.39 Å². The molecule has 0 saturated heterocycles. The fourth-order valence-electron chi connectivity index (χ4n) is 3.69. The largest absolute Gasteiger partial charge is 0.489 e. The fourth-order valence-corrected chi connectivity index (χ4v) is 3.69. The highest BCUT2D eigenvalue weighted by Gasteiger charge is 2.17. The second-order valence-corrected chi connectivity index (χ2v) is 8.05. The van der Waals surface area contributed by atoms with Crippen LogP contribution in [-0.2, 0) is 11.3 Å². The lowest BCUT2D eigenvalue weighted by molar-refractivity contribution is -0.121. The lowest BCUT2D eigenvalue weighted by Crippen LogP contribution is -2.33. The molecule has 2 amide bonds. The molecular formula is C24H27FN6O4. The van der Waals surface area contributed by atoms with Crippen molar-refractivity contribution in [2.24, 2.45) is 0 Å². The minimum Gasteiger partial charge on any atom is -0.489 e. The van der Waals surface area contributed by atoms with Crippen LogP contribution in [-0.4, -0.2) is 64.7 Å². The first-order valence-electron chi connectivity index (χ1n) is 11.5. The summed E-state index contributed by atoms with van der Waals surface area (Å²) in [6.07, 6.45) is 3.19. The van der Waals surface area contributed by atoms with E-state index in [1.165, 1.54) is 18.3 Å². The minimum absolute atomic E-state index is 0.0732. The molecule has 1 aromatic carbocycles. The van der Waals surface area contributed by atoms with Gasteiger partial charge in [-0.25, -0.2) is 9.37 Å². The van der Waals surface area contributed by atoms with Crippen LogP contribution in [0.25, 0.3) is 11.5 Å².